The predicted octanol–water partition coefficient (Wildman–Crippen LogP) is 3.00. The number of carbonyl (C=O) groups is 1. The molecule has 1 heterocycles. The van der Waals surface area contributed by atoms with Crippen molar-refractivity contribution in [2.75, 3.05) is 0 Å². The molecule has 0 atom stereocenters. The lowest BCUT2D eigenvalue weighted by Crippen LogP contribution is -2.21. The summed E-state index contributed by atoms with van der Waals surface area (Å²) in [6.07, 6.45) is 0. The number of carbonyl (C=O) groups excluding carboxylic acids is 1. The Balaban J connectivity index is 2.25. The molecule has 0 fully saturated rings. The highest BCUT2D eigenvalue weighted by Crippen LogP contribution is 2.34. The largest absolute Gasteiger partial charge is 0.544 e. The molecule has 4 nitrogen and oxygen atoms in total. The minimum Gasteiger partial charge on any atom is -0.544 e. The number of para-hydroxylation sites is 1. The summed E-state index contributed by atoms with van der Waals surface area (Å²) in [5.74, 6) is -0.342. The molecule has 0 saturated heterocycles. The molecule has 1 aromatic heterocycles. The molecule has 2 rings (SSSR count). The van der Waals surface area contributed by atoms with E-state index in [2.05, 4.69) is 31.8 Å². The minimum atomic E-state index is -1.19. The Morgan fingerprint density at radius 2 is 2.00 bits per heavy atom. The highest BCUT2D eigenvalue weighted by atomic mass is 32.1. The lowest BCUT2D eigenvalue weighted by Gasteiger charge is -2.24. The predicted molar refractivity (Wildman–Crippen MR) is 85.4 cm³/mol. The van der Waals surface area contributed by atoms with Crippen LogP contribution in [0.3, 0.4) is 0 Å². The number of carboxylic acids is 1. The summed E-state index contributed by atoms with van der Waals surface area (Å²) in [6, 6.07) is 6.08. The van der Waals surface area contributed by atoms with E-state index in [1.807, 2.05) is 19.1 Å². The van der Waals surface area contributed by atoms with Crippen molar-refractivity contribution in [1.29, 1.82) is 0 Å². The second-order valence-corrected chi connectivity index (χ2v) is 7.38. The fraction of sp³-hybridized carbons (Fsp3) is 0.412. The number of carboxylic acid groups (broad SMARTS) is 1. The minimum absolute atomic E-state index is 0.0315. The van der Waals surface area contributed by atoms with Gasteiger partial charge in [-0.1, -0.05) is 39.0 Å². The number of rotatable bonds is 4. The van der Waals surface area contributed by atoms with Crippen molar-refractivity contribution in [2.45, 2.75) is 46.6 Å². The third-order valence-electron chi connectivity index (χ3n) is 3.39. The number of hydrogen-bond donors (Lipinski definition) is 0. The first kappa shape index (κ1) is 16.5. The lowest BCUT2D eigenvalue weighted by molar-refractivity contribution is -0.254. The van der Waals surface area contributed by atoms with Gasteiger partial charge in [0.1, 0.15) is 17.4 Å². The Kier molecular flexibility index (Phi) is 4.56. The number of thiazole rings is 1. The van der Waals surface area contributed by atoms with Crippen molar-refractivity contribution in [1.82, 2.24) is 4.98 Å². The van der Waals surface area contributed by atoms with E-state index in [4.69, 9.17) is 4.74 Å². The van der Waals surface area contributed by atoms with Crippen LogP contribution in [0.15, 0.2) is 18.2 Å². The van der Waals surface area contributed by atoms with E-state index >= 15 is 0 Å². The summed E-state index contributed by atoms with van der Waals surface area (Å²) in [6.45, 7) is 10.3. The summed E-state index contributed by atoms with van der Waals surface area (Å²) >= 11 is 1.11. The van der Waals surface area contributed by atoms with Crippen LogP contribution in [-0.4, -0.2) is 11.0 Å². The van der Waals surface area contributed by atoms with Gasteiger partial charge in [-0.2, -0.15) is 0 Å². The fourth-order valence-electron chi connectivity index (χ4n) is 2.27. The molecule has 0 bridgehead atoms. The Labute approximate surface area is 134 Å². The maximum Gasteiger partial charge on any atom is 0.140 e. The number of aryl methyl sites for hydroxylation is 2. The van der Waals surface area contributed by atoms with E-state index in [1.54, 1.807) is 6.92 Å². The molecule has 22 heavy (non-hydrogen) atoms. The van der Waals surface area contributed by atoms with Crippen molar-refractivity contribution in [3.8, 4) is 5.75 Å². The van der Waals surface area contributed by atoms with Gasteiger partial charge in [-0.25, -0.2) is 4.98 Å². The second-order valence-electron chi connectivity index (χ2n) is 6.30. The van der Waals surface area contributed by atoms with Crippen molar-refractivity contribution in [3.05, 3.63) is 44.9 Å². The van der Waals surface area contributed by atoms with Crippen LogP contribution >= 0.6 is 11.3 Å². The number of benzene rings is 1. The number of hydrogen-bond acceptors (Lipinski definition) is 5. The molecular weight excluding hydrogens is 298 g/mol. The quantitative estimate of drug-likeness (QED) is 0.869. The van der Waals surface area contributed by atoms with Crippen LogP contribution in [0, 0.1) is 13.8 Å². The number of aromatic nitrogens is 1. The molecule has 0 aliphatic heterocycles. The maximum absolute atomic E-state index is 11.0. The summed E-state index contributed by atoms with van der Waals surface area (Å²) in [5.41, 5.74) is 2.63. The number of nitrogens with zero attached hydrogens (tertiary/aromatic N) is 1. The van der Waals surface area contributed by atoms with Gasteiger partial charge in [0.15, 0.2) is 0 Å². The van der Waals surface area contributed by atoms with E-state index in [1.165, 1.54) is 0 Å². The molecule has 0 saturated carbocycles. The Morgan fingerprint density at radius 3 is 2.55 bits per heavy atom. The molecule has 1 aromatic carbocycles. The topological polar surface area (TPSA) is 62.2 Å². The van der Waals surface area contributed by atoms with Gasteiger partial charge in [-0.3, -0.25) is 0 Å². The zero-order valence-corrected chi connectivity index (χ0v) is 14.3. The van der Waals surface area contributed by atoms with Crippen molar-refractivity contribution >= 4 is 17.3 Å². The second kappa shape index (κ2) is 6.08. The monoisotopic (exact) mass is 318 g/mol. The Bertz CT molecular complexity index is 698. The van der Waals surface area contributed by atoms with Gasteiger partial charge in [0.25, 0.3) is 0 Å². The first-order valence-electron chi connectivity index (χ1n) is 7.10. The van der Waals surface area contributed by atoms with Crippen LogP contribution < -0.4 is 9.84 Å². The molecule has 2 aromatic rings. The molecule has 0 N–H and O–H groups in total. The van der Waals surface area contributed by atoms with E-state index in [-0.39, 0.29) is 16.9 Å². The van der Waals surface area contributed by atoms with Gasteiger partial charge < -0.3 is 14.6 Å². The van der Waals surface area contributed by atoms with Gasteiger partial charge in [0.2, 0.25) is 0 Å². The van der Waals surface area contributed by atoms with Gasteiger partial charge >= 0.3 is 0 Å². The first-order chi connectivity index (χ1) is 10.2. The molecule has 0 amide bonds. The molecule has 0 aliphatic carbocycles. The van der Waals surface area contributed by atoms with Crippen LogP contribution in [0.25, 0.3) is 0 Å². The van der Waals surface area contributed by atoms with E-state index in [9.17, 15) is 9.90 Å². The van der Waals surface area contributed by atoms with Crippen LogP contribution in [0.1, 0.15) is 52.3 Å². The normalized spacial score (nSPS) is 11.5. The third kappa shape index (κ3) is 3.47. The zero-order chi connectivity index (χ0) is 16.5. The SMILES string of the molecule is Cc1cccc(C(C)(C)C)c1OCc1nc(C)c(C(=O)[O-])s1. The Hall–Kier alpha value is -1.88. The van der Waals surface area contributed by atoms with Crippen molar-refractivity contribution in [3.63, 3.8) is 0 Å². The zero-order valence-electron chi connectivity index (χ0n) is 13.5. The number of ether oxygens (including phenoxy) is 1. The summed E-state index contributed by atoms with van der Waals surface area (Å²) in [4.78, 5) is 15.4. The van der Waals surface area contributed by atoms with Gasteiger partial charge in [0.05, 0.1) is 16.5 Å². The van der Waals surface area contributed by atoms with Crippen molar-refractivity contribution < 1.29 is 14.6 Å². The first-order valence-corrected chi connectivity index (χ1v) is 7.92. The Morgan fingerprint density at radius 1 is 1.32 bits per heavy atom. The molecule has 118 valence electrons. The number of aromatic carboxylic acids is 1. The smallest absolute Gasteiger partial charge is 0.140 e. The molecule has 0 spiro atoms. The molecule has 0 aliphatic rings. The maximum atomic E-state index is 11.0. The lowest BCUT2D eigenvalue weighted by atomic mass is 9.85. The highest BCUT2D eigenvalue weighted by Gasteiger charge is 2.20. The van der Waals surface area contributed by atoms with E-state index in [0.717, 1.165) is 28.2 Å². The molecule has 0 radical (unpaired) electrons. The van der Waals surface area contributed by atoms with Crippen LogP contribution in [0.2, 0.25) is 0 Å². The highest BCUT2D eigenvalue weighted by molar-refractivity contribution is 7.13. The average Bonchev–Trinajstić information content (AvgIpc) is 2.77. The average molecular weight is 318 g/mol. The van der Waals surface area contributed by atoms with Crippen molar-refractivity contribution in [2.24, 2.45) is 0 Å². The molecule has 5 heteroatoms. The summed E-state index contributed by atoms with van der Waals surface area (Å²) in [5, 5.41) is 11.6. The summed E-state index contributed by atoms with van der Waals surface area (Å²) < 4.78 is 5.96. The van der Waals surface area contributed by atoms with Crippen LogP contribution in [0.5, 0.6) is 5.75 Å². The van der Waals surface area contributed by atoms with Gasteiger partial charge in [-0.15, -0.1) is 11.3 Å². The molecular formula is C17H20NO3S-. The van der Waals surface area contributed by atoms with Gasteiger partial charge in [-0.05, 0) is 30.4 Å². The summed E-state index contributed by atoms with van der Waals surface area (Å²) in [7, 11) is 0. The third-order valence-corrected chi connectivity index (χ3v) is 4.50. The molecule has 0 unspecified atom stereocenters. The fourth-order valence-corrected chi connectivity index (χ4v) is 3.08. The van der Waals surface area contributed by atoms with Gasteiger partial charge in [0, 0.05) is 0 Å². The van der Waals surface area contributed by atoms with Crippen LogP contribution in [-0.2, 0) is 12.0 Å². The van der Waals surface area contributed by atoms with E-state index < -0.39 is 5.97 Å². The standard InChI is InChI=1S/C17H21NO3S/c1-10-7-6-8-12(17(3,4)5)14(10)21-9-13-18-11(2)15(22-13)16(19)20/h6-8H,9H2,1-5H3,(H,19,20)/p-1. The van der Waals surface area contributed by atoms with Crippen LogP contribution in [0.4, 0.5) is 0 Å². The van der Waals surface area contributed by atoms with E-state index in [0.29, 0.717) is 10.7 Å².